The molecule has 0 aromatic heterocycles. The third-order valence-electron chi connectivity index (χ3n) is 4.86. The zero-order chi connectivity index (χ0) is 22.4. The van der Waals surface area contributed by atoms with E-state index in [9.17, 15) is 18.2 Å². The second-order valence-corrected chi connectivity index (χ2v) is 11.3. The molecule has 3 nitrogen and oxygen atoms in total. The predicted octanol–water partition coefficient (Wildman–Crippen LogP) is 7.93. The van der Waals surface area contributed by atoms with Crippen LogP contribution in [0.25, 0.3) is 0 Å². The predicted molar refractivity (Wildman–Crippen MR) is 124 cm³/mol. The lowest BCUT2D eigenvalue weighted by Gasteiger charge is -2.26. The molecule has 166 valence electrons. The first-order valence-corrected chi connectivity index (χ1v) is 13.3. The molecule has 3 unspecified atom stereocenters. The van der Waals surface area contributed by atoms with Crippen molar-refractivity contribution in [1.82, 2.24) is 0 Å². The van der Waals surface area contributed by atoms with Crippen molar-refractivity contribution < 1.29 is 22.8 Å². The van der Waals surface area contributed by atoms with Crippen molar-refractivity contribution >= 4 is 35.3 Å². The molecule has 0 fully saturated rings. The Morgan fingerprint density at radius 1 is 1.20 bits per heavy atom. The monoisotopic (exact) mass is 520 g/mol. The van der Waals surface area contributed by atoms with Gasteiger partial charge in [-0.1, -0.05) is 65.3 Å². The minimum atomic E-state index is -5.18. The van der Waals surface area contributed by atoms with E-state index >= 15 is 0 Å². The standard InChI is InChI=1S/C22H28BrF2O3PS/c1-4-16(2)28-29(26,27)22(24,25)20-13-12-19(15-21(20)23)17(3)30-14-8-11-18-9-6-5-7-10-18/h5-7,9-10,12-13,15-17H,4,8,11,14H2,1-3H3,(H,26,27). The maximum absolute atomic E-state index is 14.8. The van der Waals surface area contributed by atoms with E-state index in [-0.39, 0.29) is 9.72 Å². The van der Waals surface area contributed by atoms with Gasteiger partial charge in [0, 0.05) is 15.3 Å². The maximum atomic E-state index is 14.8. The van der Waals surface area contributed by atoms with E-state index in [1.165, 1.54) is 18.6 Å². The molecule has 2 rings (SSSR count). The summed E-state index contributed by atoms with van der Waals surface area (Å²) in [7, 11) is -5.18. The van der Waals surface area contributed by atoms with Gasteiger partial charge >= 0.3 is 13.3 Å². The van der Waals surface area contributed by atoms with Gasteiger partial charge in [0.1, 0.15) is 0 Å². The van der Waals surface area contributed by atoms with Gasteiger partial charge in [0.2, 0.25) is 0 Å². The lowest BCUT2D eigenvalue weighted by Crippen LogP contribution is -2.19. The van der Waals surface area contributed by atoms with Crippen LogP contribution in [0.15, 0.2) is 53.0 Å². The highest BCUT2D eigenvalue weighted by Gasteiger charge is 2.54. The lowest BCUT2D eigenvalue weighted by molar-refractivity contribution is 0.0341. The second-order valence-electron chi connectivity index (χ2n) is 7.23. The topological polar surface area (TPSA) is 46.5 Å². The summed E-state index contributed by atoms with van der Waals surface area (Å²) in [6.45, 7) is 5.22. The number of hydrogen-bond donors (Lipinski definition) is 1. The first-order valence-electron chi connectivity index (χ1n) is 9.93. The van der Waals surface area contributed by atoms with E-state index in [1.807, 2.05) is 25.1 Å². The molecule has 0 saturated carbocycles. The minimum Gasteiger partial charge on any atom is -0.320 e. The van der Waals surface area contributed by atoms with Gasteiger partial charge in [-0.05, 0) is 56.1 Å². The molecule has 0 heterocycles. The fraction of sp³-hybridized carbons (Fsp3) is 0.455. The number of alkyl halides is 2. The maximum Gasteiger partial charge on any atom is 0.402 e. The van der Waals surface area contributed by atoms with Crippen LogP contribution >= 0.6 is 35.3 Å². The van der Waals surface area contributed by atoms with Gasteiger partial charge < -0.3 is 9.42 Å². The second kappa shape index (κ2) is 11.2. The number of aryl methyl sites for hydroxylation is 1. The number of benzene rings is 2. The Balaban J connectivity index is 2.02. The zero-order valence-corrected chi connectivity index (χ0v) is 20.7. The van der Waals surface area contributed by atoms with Gasteiger partial charge in [-0.15, -0.1) is 0 Å². The molecule has 0 aliphatic carbocycles. The number of thioether (sulfide) groups is 1. The first-order chi connectivity index (χ1) is 14.1. The van der Waals surface area contributed by atoms with Crippen molar-refractivity contribution in [3.8, 4) is 0 Å². The molecule has 0 spiro atoms. The summed E-state index contributed by atoms with van der Waals surface area (Å²) in [5, 5.41) is 0.108. The Morgan fingerprint density at radius 3 is 2.47 bits per heavy atom. The van der Waals surface area contributed by atoms with E-state index < -0.39 is 24.9 Å². The SMILES string of the molecule is CCC(C)OP(=O)(O)C(F)(F)c1ccc(C(C)SCCCc2ccccc2)cc1Br. The molecule has 0 bridgehead atoms. The smallest absolute Gasteiger partial charge is 0.320 e. The summed E-state index contributed by atoms with van der Waals surface area (Å²) in [4.78, 5) is 9.90. The van der Waals surface area contributed by atoms with Crippen LogP contribution in [0.2, 0.25) is 0 Å². The molecule has 8 heteroatoms. The van der Waals surface area contributed by atoms with E-state index in [1.54, 1.807) is 30.8 Å². The molecular formula is C22H28BrF2O3PS. The molecule has 1 N–H and O–H groups in total. The lowest BCUT2D eigenvalue weighted by atomic mass is 10.1. The molecule has 0 amide bonds. The Labute approximate surface area is 190 Å². The Kier molecular flexibility index (Phi) is 9.57. The number of rotatable bonds is 11. The third-order valence-corrected chi connectivity index (χ3v) is 8.41. The fourth-order valence-corrected chi connectivity index (χ4v) is 5.91. The van der Waals surface area contributed by atoms with Crippen molar-refractivity contribution in [3.63, 3.8) is 0 Å². The first kappa shape index (κ1) is 25.5. The molecule has 30 heavy (non-hydrogen) atoms. The highest BCUT2D eigenvalue weighted by Crippen LogP contribution is 2.64. The average molecular weight is 521 g/mol. The normalized spacial score (nSPS) is 16.1. The van der Waals surface area contributed by atoms with Crippen LogP contribution in [-0.4, -0.2) is 16.8 Å². The molecule has 0 saturated heterocycles. The van der Waals surface area contributed by atoms with Crippen molar-refractivity contribution in [1.29, 1.82) is 0 Å². The number of halogens is 3. The van der Waals surface area contributed by atoms with Crippen LogP contribution < -0.4 is 0 Å². The molecular weight excluding hydrogens is 493 g/mol. The highest BCUT2D eigenvalue weighted by atomic mass is 79.9. The fourth-order valence-electron chi connectivity index (χ4n) is 2.84. The molecule has 0 aliphatic heterocycles. The van der Waals surface area contributed by atoms with Crippen molar-refractivity contribution in [2.24, 2.45) is 0 Å². The molecule has 2 aromatic carbocycles. The van der Waals surface area contributed by atoms with Crippen molar-refractivity contribution in [2.45, 2.75) is 57.1 Å². The largest absolute Gasteiger partial charge is 0.402 e. The quantitative estimate of drug-likeness (QED) is 0.241. The Morgan fingerprint density at radius 2 is 1.87 bits per heavy atom. The summed E-state index contributed by atoms with van der Waals surface area (Å²) in [5.74, 6) is 0.945. The van der Waals surface area contributed by atoms with Crippen LogP contribution in [0.5, 0.6) is 0 Å². The molecule has 2 aromatic rings. The van der Waals surface area contributed by atoms with E-state index in [0.717, 1.165) is 24.2 Å². The average Bonchev–Trinajstić information content (AvgIpc) is 2.71. The van der Waals surface area contributed by atoms with Crippen molar-refractivity contribution in [3.05, 3.63) is 69.7 Å². The van der Waals surface area contributed by atoms with Gasteiger partial charge in [-0.3, -0.25) is 4.57 Å². The highest BCUT2D eigenvalue weighted by molar-refractivity contribution is 9.10. The van der Waals surface area contributed by atoms with E-state index in [2.05, 4.69) is 28.1 Å². The summed E-state index contributed by atoms with van der Waals surface area (Å²) < 4.78 is 46.6. The minimum absolute atomic E-state index is 0.101. The van der Waals surface area contributed by atoms with Crippen LogP contribution in [0.4, 0.5) is 8.78 Å². The van der Waals surface area contributed by atoms with E-state index in [4.69, 9.17) is 4.52 Å². The summed E-state index contributed by atoms with van der Waals surface area (Å²) in [6, 6.07) is 14.7. The molecule has 0 aliphatic rings. The third kappa shape index (κ3) is 6.64. The summed E-state index contributed by atoms with van der Waals surface area (Å²) in [5.41, 5.74) is -2.36. The van der Waals surface area contributed by atoms with Gasteiger partial charge in [0.15, 0.2) is 0 Å². The van der Waals surface area contributed by atoms with Gasteiger partial charge in [0.05, 0.1) is 6.10 Å². The number of hydrogen-bond acceptors (Lipinski definition) is 3. The molecule has 3 atom stereocenters. The van der Waals surface area contributed by atoms with Crippen LogP contribution in [0.1, 0.15) is 55.6 Å². The zero-order valence-electron chi connectivity index (χ0n) is 17.4. The summed E-state index contributed by atoms with van der Waals surface area (Å²) in [6.07, 6.45) is 1.64. The van der Waals surface area contributed by atoms with Gasteiger partial charge in [-0.2, -0.15) is 20.5 Å². The van der Waals surface area contributed by atoms with Crippen LogP contribution in [0, 0.1) is 0 Å². The van der Waals surface area contributed by atoms with Crippen LogP contribution in [0.3, 0.4) is 0 Å². The summed E-state index contributed by atoms with van der Waals surface area (Å²) >= 11 is 4.91. The van der Waals surface area contributed by atoms with Crippen molar-refractivity contribution in [2.75, 3.05) is 5.75 Å². The van der Waals surface area contributed by atoms with Gasteiger partial charge in [0.25, 0.3) is 0 Å². The Bertz CT molecular complexity index is 867. The Hall–Kier alpha value is -0.720. The van der Waals surface area contributed by atoms with Crippen LogP contribution in [-0.2, 0) is 21.2 Å². The van der Waals surface area contributed by atoms with Gasteiger partial charge in [-0.25, -0.2) is 0 Å². The molecule has 0 radical (unpaired) electrons. The van der Waals surface area contributed by atoms with E-state index in [0.29, 0.717) is 6.42 Å².